The largest absolute Gasteiger partial charge is 0.490 e. The van der Waals surface area contributed by atoms with E-state index in [2.05, 4.69) is 22.1 Å². The molecule has 2 fully saturated rings. The lowest BCUT2D eigenvalue weighted by Crippen LogP contribution is -2.43. The van der Waals surface area contributed by atoms with Crippen LogP contribution in [0.4, 0.5) is 11.4 Å². The summed E-state index contributed by atoms with van der Waals surface area (Å²) in [6.45, 7) is 7.11. The third-order valence-corrected chi connectivity index (χ3v) is 6.78. The molecule has 1 aromatic heterocycles. The molecule has 0 bridgehead atoms. The number of piperidine rings is 1. The lowest BCUT2D eigenvalue weighted by atomic mass is 10.0. The standard InChI is InChI=1S/C26H34N4O3/c1-3-19(2)26(32)29-15-11-24(12-16-29)33-23-8-6-21(7-9-23)28-25(31)20-10-14-30(18-20)22-5-4-13-27-17-22/h4-9,13,17,19-20,24H,3,10-12,14-16,18H2,1-2H3,(H,28,31)/t19-,20?/m0/s1. The molecule has 7 nitrogen and oxygen atoms in total. The lowest BCUT2D eigenvalue weighted by Gasteiger charge is -2.33. The normalized spacial score (nSPS) is 19.9. The monoisotopic (exact) mass is 450 g/mol. The Morgan fingerprint density at radius 3 is 2.55 bits per heavy atom. The SMILES string of the molecule is CC[C@H](C)C(=O)N1CCC(Oc2ccc(NC(=O)C3CCN(c4cccnc4)C3)cc2)CC1. The molecule has 2 atom stereocenters. The van der Waals surface area contributed by atoms with Gasteiger partial charge in [-0.2, -0.15) is 0 Å². The zero-order valence-corrected chi connectivity index (χ0v) is 19.6. The minimum atomic E-state index is -0.0375. The Kier molecular flexibility index (Phi) is 7.47. The van der Waals surface area contributed by atoms with Crippen LogP contribution in [-0.2, 0) is 9.59 Å². The molecule has 2 aliphatic rings. The maximum atomic E-state index is 12.7. The molecule has 2 amide bonds. The first kappa shape index (κ1) is 23.1. The number of rotatable bonds is 7. The van der Waals surface area contributed by atoms with Crippen molar-refractivity contribution >= 4 is 23.2 Å². The van der Waals surface area contributed by atoms with E-state index in [0.717, 1.165) is 62.4 Å². The Balaban J connectivity index is 1.23. The molecule has 0 aliphatic carbocycles. The van der Waals surface area contributed by atoms with Gasteiger partial charge in [-0.3, -0.25) is 14.6 Å². The minimum Gasteiger partial charge on any atom is -0.490 e. The molecule has 1 aromatic carbocycles. The summed E-state index contributed by atoms with van der Waals surface area (Å²) < 4.78 is 6.13. The van der Waals surface area contributed by atoms with Crippen LogP contribution in [0.2, 0.25) is 0 Å². The maximum Gasteiger partial charge on any atom is 0.229 e. The van der Waals surface area contributed by atoms with Crippen LogP contribution >= 0.6 is 0 Å². The summed E-state index contributed by atoms with van der Waals surface area (Å²) in [5, 5.41) is 3.04. The number of amides is 2. The molecular formula is C26H34N4O3. The van der Waals surface area contributed by atoms with Crippen LogP contribution in [0, 0.1) is 11.8 Å². The summed E-state index contributed by atoms with van der Waals surface area (Å²) in [5.41, 5.74) is 1.84. The molecule has 4 rings (SSSR count). The van der Waals surface area contributed by atoms with Gasteiger partial charge in [-0.25, -0.2) is 0 Å². The van der Waals surface area contributed by atoms with Crippen LogP contribution in [0.5, 0.6) is 5.75 Å². The van der Waals surface area contributed by atoms with Crippen molar-refractivity contribution in [1.82, 2.24) is 9.88 Å². The lowest BCUT2D eigenvalue weighted by molar-refractivity contribution is -0.136. The highest BCUT2D eigenvalue weighted by atomic mass is 16.5. The summed E-state index contributed by atoms with van der Waals surface area (Å²) in [6, 6.07) is 11.5. The summed E-state index contributed by atoms with van der Waals surface area (Å²) in [4.78, 5) is 33.4. The highest BCUT2D eigenvalue weighted by Gasteiger charge is 2.29. The van der Waals surface area contributed by atoms with Gasteiger partial charge in [-0.05, 0) is 49.2 Å². The topological polar surface area (TPSA) is 74.8 Å². The Morgan fingerprint density at radius 1 is 1.12 bits per heavy atom. The molecule has 1 N–H and O–H groups in total. The second-order valence-corrected chi connectivity index (χ2v) is 9.11. The number of benzene rings is 1. The smallest absolute Gasteiger partial charge is 0.229 e. The van der Waals surface area contributed by atoms with E-state index in [1.807, 2.05) is 54.4 Å². The van der Waals surface area contributed by atoms with E-state index in [1.54, 1.807) is 6.20 Å². The minimum absolute atomic E-state index is 0.0375. The highest BCUT2D eigenvalue weighted by Crippen LogP contribution is 2.25. The van der Waals surface area contributed by atoms with Crippen LogP contribution in [0.3, 0.4) is 0 Å². The van der Waals surface area contributed by atoms with Gasteiger partial charge in [0.05, 0.1) is 17.8 Å². The third-order valence-electron chi connectivity index (χ3n) is 6.78. The van der Waals surface area contributed by atoms with Gasteiger partial charge in [0.15, 0.2) is 0 Å². The van der Waals surface area contributed by atoms with E-state index in [0.29, 0.717) is 6.54 Å². The van der Waals surface area contributed by atoms with E-state index in [4.69, 9.17) is 4.74 Å². The van der Waals surface area contributed by atoms with Crippen molar-refractivity contribution in [1.29, 1.82) is 0 Å². The Bertz CT molecular complexity index is 926. The number of anilines is 2. The first-order valence-electron chi connectivity index (χ1n) is 12.0. The summed E-state index contributed by atoms with van der Waals surface area (Å²) in [6.07, 6.45) is 7.11. The van der Waals surface area contributed by atoms with E-state index in [-0.39, 0.29) is 29.8 Å². The van der Waals surface area contributed by atoms with Gasteiger partial charge in [0, 0.05) is 56.8 Å². The average Bonchev–Trinajstić information content (AvgIpc) is 3.36. The molecule has 2 aliphatic heterocycles. The first-order chi connectivity index (χ1) is 16.0. The number of hydrogen-bond acceptors (Lipinski definition) is 5. The molecule has 3 heterocycles. The number of aromatic nitrogens is 1. The first-order valence-corrected chi connectivity index (χ1v) is 12.0. The number of nitrogens with zero attached hydrogens (tertiary/aromatic N) is 3. The quantitative estimate of drug-likeness (QED) is 0.691. The molecule has 176 valence electrons. The predicted molar refractivity (Wildman–Crippen MR) is 129 cm³/mol. The van der Waals surface area contributed by atoms with Gasteiger partial charge in [0.2, 0.25) is 11.8 Å². The van der Waals surface area contributed by atoms with Crippen LogP contribution in [0.15, 0.2) is 48.8 Å². The van der Waals surface area contributed by atoms with Gasteiger partial charge in [-0.1, -0.05) is 13.8 Å². The Labute approximate surface area is 196 Å². The van der Waals surface area contributed by atoms with Gasteiger partial charge in [0.25, 0.3) is 0 Å². The number of pyridine rings is 1. The van der Waals surface area contributed by atoms with Crippen molar-refractivity contribution in [2.45, 2.75) is 45.6 Å². The zero-order chi connectivity index (χ0) is 23.2. The maximum absolute atomic E-state index is 12.7. The fourth-order valence-electron chi connectivity index (χ4n) is 4.48. The van der Waals surface area contributed by atoms with E-state index in [1.165, 1.54) is 0 Å². The van der Waals surface area contributed by atoms with Crippen LogP contribution in [-0.4, -0.2) is 54.0 Å². The number of ether oxygens (including phenoxy) is 1. The molecule has 0 spiro atoms. The van der Waals surface area contributed by atoms with Crippen molar-refractivity contribution in [2.24, 2.45) is 11.8 Å². The third kappa shape index (κ3) is 5.83. The molecule has 0 radical (unpaired) electrons. The number of nitrogens with one attached hydrogen (secondary N) is 1. The fraction of sp³-hybridized carbons (Fsp3) is 0.500. The molecule has 2 aromatic rings. The molecule has 33 heavy (non-hydrogen) atoms. The van der Waals surface area contributed by atoms with Crippen molar-refractivity contribution < 1.29 is 14.3 Å². The predicted octanol–water partition coefficient (Wildman–Crippen LogP) is 3.96. The second-order valence-electron chi connectivity index (χ2n) is 9.11. The zero-order valence-electron chi connectivity index (χ0n) is 19.6. The van der Waals surface area contributed by atoms with E-state index >= 15 is 0 Å². The number of carbonyl (C=O) groups excluding carboxylic acids is 2. The second kappa shape index (κ2) is 10.7. The fourth-order valence-corrected chi connectivity index (χ4v) is 4.48. The summed E-state index contributed by atoms with van der Waals surface area (Å²) >= 11 is 0. The Hall–Kier alpha value is -3.09. The molecule has 2 saturated heterocycles. The van der Waals surface area contributed by atoms with Crippen molar-refractivity contribution in [3.63, 3.8) is 0 Å². The number of hydrogen-bond donors (Lipinski definition) is 1. The Morgan fingerprint density at radius 2 is 1.88 bits per heavy atom. The molecular weight excluding hydrogens is 416 g/mol. The number of carbonyl (C=O) groups is 2. The molecule has 1 unspecified atom stereocenters. The van der Waals surface area contributed by atoms with Crippen molar-refractivity contribution in [3.05, 3.63) is 48.8 Å². The van der Waals surface area contributed by atoms with Crippen LogP contribution < -0.4 is 15.0 Å². The van der Waals surface area contributed by atoms with Crippen molar-refractivity contribution in [3.8, 4) is 5.75 Å². The number of likely N-dealkylation sites (tertiary alicyclic amines) is 1. The van der Waals surface area contributed by atoms with Gasteiger partial charge in [0.1, 0.15) is 11.9 Å². The summed E-state index contributed by atoms with van der Waals surface area (Å²) in [7, 11) is 0. The van der Waals surface area contributed by atoms with Crippen molar-refractivity contribution in [2.75, 3.05) is 36.4 Å². The van der Waals surface area contributed by atoms with Crippen LogP contribution in [0.25, 0.3) is 0 Å². The van der Waals surface area contributed by atoms with Gasteiger partial charge < -0.3 is 19.9 Å². The van der Waals surface area contributed by atoms with Gasteiger partial charge in [-0.15, -0.1) is 0 Å². The molecule has 7 heteroatoms. The van der Waals surface area contributed by atoms with E-state index < -0.39 is 0 Å². The average molecular weight is 451 g/mol. The summed E-state index contributed by atoms with van der Waals surface area (Å²) in [5.74, 6) is 1.15. The van der Waals surface area contributed by atoms with E-state index in [9.17, 15) is 9.59 Å². The van der Waals surface area contributed by atoms with Gasteiger partial charge >= 0.3 is 0 Å². The highest BCUT2D eigenvalue weighted by molar-refractivity contribution is 5.93. The molecule has 0 saturated carbocycles. The van der Waals surface area contributed by atoms with Crippen LogP contribution in [0.1, 0.15) is 39.5 Å².